The first-order valence-corrected chi connectivity index (χ1v) is 6.42. The van der Waals surface area contributed by atoms with E-state index in [1.54, 1.807) is 11.8 Å². The van der Waals surface area contributed by atoms with E-state index >= 15 is 0 Å². The van der Waals surface area contributed by atoms with Gasteiger partial charge in [-0.1, -0.05) is 48.8 Å². The van der Waals surface area contributed by atoms with Gasteiger partial charge in [0.1, 0.15) is 5.25 Å². The third-order valence-electron chi connectivity index (χ3n) is 1.76. The lowest BCUT2D eigenvalue weighted by Crippen LogP contribution is -2.10. The molecule has 0 aliphatic carbocycles. The summed E-state index contributed by atoms with van der Waals surface area (Å²) in [6.45, 7) is 6.38. The Morgan fingerprint density at radius 3 is 2.20 bits per heavy atom. The molecule has 0 amide bonds. The lowest BCUT2D eigenvalue weighted by molar-refractivity contribution is 0.799. The van der Waals surface area contributed by atoms with E-state index in [0.29, 0.717) is 0 Å². The highest BCUT2D eigenvalue weighted by molar-refractivity contribution is 9.10. The van der Waals surface area contributed by atoms with Crippen LogP contribution in [-0.4, -0.2) is 4.75 Å². The molecule has 1 nitrogen and oxygen atoms in total. The molecule has 1 unspecified atom stereocenters. The molecule has 0 aliphatic heterocycles. The average Bonchev–Trinajstić information content (AvgIpc) is 2.14. The van der Waals surface area contributed by atoms with Crippen molar-refractivity contribution in [3.05, 3.63) is 34.3 Å². The van der Waals surface area contributed by atoms with Gasteiger partial charge in [0.25, 0.3) is 0 Å². The number of nitriles is 1. The van der Waals surface area contributed by atoms with Crippen LogP contribution in [0, 0.1) is 11.3 Å². The van der Waals surface area contributed by atoms with Gasteiger partial charge in [0, 0.05) is 9.22 Å². The average molecular weight is 284 g/mol. The maximum absolute atomic E-state index is 9.13. The molecule has 0 saturated carbocycles. The Hall–Kier alpha value is -0.460. The Bertz CT molecular complexity index is 359. The first-order chi connectivity index (χ1) is 6.92. The zero-order chi connectivity index (χ0) is 11.5. The van der Waals surface area contributed by atoms with Crippen molar-refractivity contribution in [3.63, 3.8) is 0 Å². The second kappa shape index (κ2) is 5.05. The van der Waals surface area contributed by atoms with Gasteiger partial charge in [0.05, 0.1) is 6.07 Å². The third kappa shape index (κ3) is 4.27. The van der Waals surface area contributed by atoms with Crippen LogP contribution in [0.3, 0.4) is 0 Å². The summed E-state index contributed by atoms with van der Waals surface area (Å²) in [5.41, 5.74) is 1.07. The van der Waals surface area contributed by atoms with Gasteiger partial charge in [0.15, 0.2) is 0 Å². The van der Waals surface area contributed by atoms with Crippen molar-refractivity contribution in [1.82, 2.24) is 0 Å². The number of halogens is 1. The standard InChI is InChI=1S/C12H14BrNS/c1-12(2,3)15-11(8-14)9-4-6-10(13)7-5-9/h4-7,11H,1-3H3. The molecule has 0 saturated heterocycles. The SMILES string of the molecule is CC(C)(C)SC(C#N)c1ccc(Br)cc1. The van der Waals surface area contributed by atoms with Crippen LogP contribution in [0.25, 0.3) is 0 Å². The van der Waals surface area contributed by atoms with Gasteiger partial charge < -0.3 is 0 Å². The molecule has 1 aromatic carbocycles. The first kappa shape index (κ1) is 12.6. The predicted molar refractivity (Wildman–Crippen MR) is 69.8 cm³/mol. The molecule has 0 aliphatic rings. The molecule has 1 rings (SSSR count). The van der Waals surface area contributed by atoms with Crippen molar-refractivity contribution in [2.24, 2.45) is 0 Å². The monoisotopic (exact) mass is 283 g/mol. The molecular formula is C12H14BrNS. The van der Waals surface area contributed by atoms with Gasteiger partial charge >= 0.3 is 0 Å². The van der Waals surface area contributed by atoms with Crippen LogP contribution < -0.4 is 0 Å². The summed E-state index contributed by atoms with van der Waals surface area (Å²) >= 11 is 5.07. The van der Waals surface area contributed by atoms with E-state index in [0.717, 1.165) is 10.0 Å². The topological polar surface area (TPSA) is 23.8 Å². The largest absolute Gasteiger partial charge is 0.197 e. The van der Waals surface area contributed by atoms with Crippen LogP contribution in [0.15, 0.2) is 28.7 Å². The van der Waals surface area contributed by atoms with Crippen LogP contribution in [0.5, 0.6) is 0 Å². The van der Waals surface area contributed by atoms with Crippen LogP contribution in [0.4, 0.5) is 0 Å². The Labute approximate surface area is 104 Å². The summed E-state index contributed by atoms with van der Waals surface area (Å²) in [6.07, 6.45) is 0. The summed E-state index contributed by atoms with van der Waals surface area (Å²) in [6, 6.07) is 10.3. The molecule has 0 fully saturated rings. The molecule has 15 heavy (non-hydrogen) atoms. The first-order valence-electron chi connectivity index (χ1n) is 4.75. The summed E-state index contributed by atoms with van der Waals surface area (Å²) in [7, 11) is 0. The molecule has 0 N–H and O–H groups in total. The Morgan fingerprint density at radius 1 is 1.27 bits per heavy atom. The molecule has 0 aromatic heterocycles. The lowest BCUT2D eigenvalue weighted by atomic mass is 10.2. The molecule has 3 heteroatoms. The Balaban J connectivity index is 2.85. The van der Waals surface area contributed by atoms with Crippen molar-refractivity contribution in [2.45, 2.75) is 30.8 Å². The highest BCUT2D eigenvalue weighted by Gasteiger charge is 2.20. The number of hydrogen-bond acceptors (Lipinski definition) is 2. The zero-order valence-electron chi connectivity index (χ0n) is 9.12. The maximum Gasteiger partial charge on any atom is 0.117 e. The fraction of sp³-hybridized carbons (Fsp3) is 0.417. The summed E-state index contributed by atoms with van der Waals surface area (Å²) < 4.78 is 1.15. The fourth-order valence-electron chi connectivity index (χ4n) is 1.16. The van der Waals surface area contributed by atoms with E-state index in [1.165, 1.54) is 0 Å². The summed E-state index contributed by atoms with van der Waals surface area (Å²) in [4.78, 5) is 0. The number of nitrogens with zero attached hydrogens (tertiary/aromatic N) is 1. The molecule has 1 atom stereocenters. The van der Waals surface area contributed by atoms with E-state index in [-0.39, 0.29) is 10.00 Å². The zero-order valence-corrected chi connectivity index (χ0v) is 11.5. The molecule has 0 spiro atoms. The van der Waals surface area contributed by atoms with Crippen LogP contribution >= 0.6 is 27.7 Å². The normalized spacial score (nSPS) is 13.3. The van der Waals surface area contributed by atoms with E-state index in [2.05, 4.69) is 42.8 Å². The number of thioether (sulfide) groups is 1. The van der Waals surface area contributed by atoms with Crippen molar-refractivity contribution in [2.75, 3.05) is 0 Å². The molecule has 0 bridgehead atoms. The lowest BCUT2D eigenvalue weighted by Gasteiger charge is -2.21. The number of benzene rings is 1. The summed E-state index contributed by atoms with van der Waals surface area (Å²) in [5, 5.41) is 9.04. The Morgan fingerprint density at radius 2 is 1.80 bits per heavy atom. The quantitative estimate of drug-likeness (QED) is 0.795. The van der Waals surface area contributed by atoms with Gasteiger partial charge in [-0.2, -0.15) is 5.26 Å². The van der Waals surface area contributed by atoms with E-state index < -0.39 is 0 Å². The number of hydrogen-bond donors (Lipinski definition) is 0. The van der Waals surface area contributed by atoms with E-state index in [1.807, 2.05) is 24.3 Å². The van der Waals surface area contributed by atoms with E-state index in [9.17, 15) is 0 Å². The minimum Gasteiger partial charge on any atom is -0.197 e. The second-order valence-corrected chi connectivity index (χ2v) is 7.14. The van der Waals surface area contributed by atoms with Crippen molar-refractivity contribution in [3.8, 4) is 6.07 Å². The molecule has 1 aromatic rings. The Kier molecular flexibility index (Phi) is 4.24. The molecule has 0 heterocycles. The predicted octanol–water partition coefficient (Wildman–Crippen LogP) is 4.55. The van der Waals surface area contributed by atoms with Gasteiger partial charge in [-0.15, -0.1) is 11.8 Å². The van der Waals surface area contributed by atoms with Crippen LogP contribution in [0.1, 0.15) is 31.6 Å². The van der Waals surface area contributed by atoms with Gasteiger partial charge in [-0.25, -0.2) is 0 Å². The molecular weight excluding hydrogens is 270 g/mol. The highest BCUT2D eigenvalue weighted by Crippen LogP contribution is 2.37. The fourth-order valence-corrected chi connectivity index (χ4v) is 2.48. The second-order valence-electron chi connectivity index (χ2n) is 4.29. The maximum atomic E-state index is 9.13. The number of rotatable bonds is 2. The van der Waals surface area contributed by atoms with Gasteiger partial charge in [-0.05, 0) is 17.7 Å². The van der Waals surface area contributed by atoms with Crippen molar-refractivity contribution < 1.29 is 0 Å². The minimum atomic E-state index is -0.0851. The van der Waals surface area contributed by atoms with Crippen LogP contribution in [0.2, 0.25) is 0 Å². The third-order valence-corrected chi connectivity index (χ3v) is 3.61. The highest BCUT2D eigenvalue weighted by atomic mass is 79.9. The minimum absolute atomic E-state index is 0.0851. The van der Waals surface area contributed by atoms with Crippen molar-refractivity contribution >= 4 is 27.7 Å². The van der Waals surface area contributed by atoms with E-state index in [4.69, 9.17) is 5.26 Å². The van der Waals surface area contributed by atoms with Crippen LogP contribution in [-0.2, 0) is 0 Å². The van der Waals surface area contributed by atoms with Crippen molar-refractivity contribution in [1.29, 1.82) is 5.26 Å². The smallest absolute Gasteiger partial charge is 0.117 e. The molecule has 0 radical (unpaired) electrons. The summed E-state index contributed by atoms with van der Waals surface area (Å²) in [5.74, 6) is 0. The van der Waals surface area contributed by atoms with Gasteiger partial charge in [0.2, 0.25) is 0 Å². The molecule has 80 valence electrons. The van der Waals surface area contributed by atoms with Gasteiger partial charge in [-0.3, -0.25) is 0 Å².